The van der Waals surface area contributed by atoms with Crippen LogP contribution in [0, 0.1) is 11.8 Å². The molecule has 13 heavy (non-hydrogen) atoms. The van der Waals surface area contributed by atoms with E-state index < -0.39 is 0 Å². The van der Waals surface area contributed by atoms with Gasteiger partial charge < -0.3 is 9.84 Å². The fourth-order valence-electron chi connectivity index (χ4n) is 1.47. The maximum Gasteiger partial charge on any atom is 0.209 e. The minimum Gasteiger partial charge on any atom is -0.348 e. The van der Waals surface area contributed by atoms with Gasteiger partial charge in [0.2, 0.25) is 5.76 Å². The van der Waals surface area contributed by atoms with E-state index in [9.17, 15) is 0 Å². The predicted octanol–water partition coefficient (Wildman–Crippen LogP) is 1.17. The van der Waals surface area contributed by atoms with Gasteiger partial charge in [-0.15, -0.1) is 0 Å². The van der Waals surface area contributed by atoms with Gasteiger partial charge in [0.1, 0.15) is 0 Å². The van der Waals surface area contributed by atoms with Gasteiger partial charge in [0.05, 0.1) is 6.20 Å². The maximum absolute atomic E-state index is 4.85. The first-order valence-corrected chi connectivity index (χ1v) is 4.58. The van der Waals surface area contributed by atoms with E-state index in [1.165, 1.54) is 12.8 Å². The second kappa shape index (κ2) is 4.11. The summed E-state index contributed by atoms with van der Waals surface area (Å²) < 4.78 is 4.85. The lowest BCUT2D eigenvalue weighted by atomic mass is 10.2. The standard InChI is InChI=1S/C10H12N2O/c1(3-9-4-2-7-11-9)5-10-6-8-12-13-10/h6,8-9,11H,2-4,7H2/t9-/m1/s1. The fraction of sp³-hybridized carbons (Fsp3) is 0.500. The third-order valence-electron chi connectivity index (χ3n) is 2.16. The topological polar surface area (TPSA) is 38.1 Å². The molecule has 2 heterocycles. The molecule has 3 nitrogen and oxygen atoms in total. The van der Waals surface area contributed by atoms with E-state index in [0.717, 1.165) is 13.0 Å². The van der Waals surface area contributed by atoms with Crippen molar-refractivity contribution in [3.05, 3.63) is 18.0 Å². The number of hydrogen-bond acceptors (Lipinski definition) is 3. The number of nitrogens with zero attached hydrogens (tertiary/aromatic N) is 1. The molecule has 0 aromatic carbocycles. The lowest BCUT2D eigenvalue weighted by Crippen LogP contribution is -2.20. The number of hydrogen-bond donors (Lipinski definition) is 1. The highest BCUT2D eigenvalue weighted by Gasteiger charge is 2.11. The van der Waals surface area contributed by atoms with Gasteiger partial charge in [0.15, 0.2) is 0 Å². The minimum atomic E-state index is 0.579. The molecule has 0 radical (unpaired) electrons. The van der Waals surface area contributed by atoms with Crippen molar-refractivity contribution in [2.24, 2.45) is 0 Å². The van der Waals surface area contributed by atoms with Gasteiger partial charge in [-0.05, 0) is 25.3 Å². The molecule has 3 heteroatoms. The Morgan fingerprint density at radius 3 is 3.38 bits per heavy atom. The van der Waals surface area contributed by atoms with Gasteiger partial charge in [-0.2, -0.15) is 0 Å². The number of nitrogens with one attached hydrogen (secondary N) is 1. The quantitative estimate of drug-likeness (QED) is 0.653. The van der Waals surface area contributed by atoms with E-state index in [0.29, 0.717) is 11.8 Å². The normalized spacial score (nSPS) is 21.1. The van der Waals surface area contributed by atoms with E-state index in [1.807, 2.05) is 0 Å². The third kappa shape index (κ3) is 2.33. The predicted molar refractivity (Wildman–Crippen MR) is 49.0 cm³/mol. The van der Waals surface area contributed by atoms with E-state index in [1.54, 1.807) is 12.3 Å². The van der Waals surface area contributed by atoms with Crippen LogP contribution in [0.15, 0.2) is 16.8 Å². The van der Waals surface area contributed by atoms with Gasteiger partial charge in [-0.1, -0.05) is 11.1 Å². The summed E-state index contributed by atoms with van der Waals surface area (Å²) in [6, 6.07) is 2.35. The molecule has 1 aromatic rings. The van der Waals surface area contributed by atoms with Crippen molar-refractivity contribution in [1.82, 2.24) is 10.5 Å². The van der Waals surface area contributed by atoms with E-state index in [2.05, 4.69) is 22.3 Å². The second-order valence-corrected chi connectivity index (χ2v) is 3.18. The lowest BCUT2D eigenvalue weighted by molar-refractivity contribution is 0.411. The average molecular weight is 176 g/mol. The van der Waals surface area contributed by atoms with Crippen molar-refractivity contribution in [3.8, 4) is 11.8 Å². The summed E-state index contributed by atoms with van der Waals surface area (Å²) in [7, 11) is 0. The highest BCUT2D eigenvalue weighted by Crippen LogP contribution is 2.07. The summed E-state index contributed by atoms with van der Waals surface area (Å²) >= 11 is 0. The van der Waals surface area contributed by atoms with Crippen LogP contribution in [0.25, 0.3) is 0 Å². The second-order valence-electron chi connectivity index (χ2n) is 3.18. The molecule has 0 unspecified atom stereocenters. The van der Waals surface area contributed by atoms with Crippen LogP contribution in [0.2, 0.25) is 0 Å². The van der Waals surface area contributed by atoms with E-state index in [4.69, 9.17) is 4.52 Å². The molecule has 1 aliphatic heterocycles. The molecule has 68 valence electrons. The zero-order valence-electron chi connectivity index (χ0n) is 7.42. The van der Waals surface area contributed by atoms with Crippen LogP contribution in [-0.4, -0.2) is 17.7 Å². The van der Waals surface area contributed by atoms with Crippen LogP contribution in [0.4, 0.5) is 0 Å². The maximum atomic E-state index is 4.85. The van der Waals surface area contributed by atoms with Crippen molar-refractivity contribution in [2.75, 3.05) is 6.54 Å². The zero-order chi connectivity index (χ0) is 8.93. The molecule has 1 atom stereocenters. The van der Waals surface area contributed by atoms with Crippen molar-refractivity contribution >= 4 is 0 Å². The molecule has 1 aliphatic rings. The molecular formula is C10H12N2O. The summed E-state index contributed by atoms with van der Waals surface area (Å²) in [5, 5.41) is 6.97. The summed E-state index contributed by atoms with van der Waals surface area (Å²) in [5.41, 5.74) is 0. The summed E-state index contributed by atoms with van der Waals surface area (Å²) in [5.74, 6) is 6.67. The molecule has 1 fully saturated rings. The molecule has 1 saturated heterocycles. The molecule has 0 spiro atoms. The Morgan fingerprint density at radius 1 is 1.69 bits per heavy atom. The summed E-state index contributed by atoms with van der Waals surface area (Å²) in [6.07, 6.45) is 5.03. The Bertz CT molecular complexity index is 301. The third-order valence-corrected chi connectivity index (χ3v) is 2.16. The van der Waals surface area contributed by atoms with Crippen LogP contribution in [-0.2, 0) is 0 Å². The zero-order valence-corrected chi connectivity index (χ0v) is 7.42. The first-order valence-electron chi connectivity index (χ1n) is 4.58. The lowest BCUT2D eigenvalue weighted by Gasteiger charge is -2.02. The monoisotopic (exact) mass is 176 g/mol. The van der Waals surface area contributed by atoms with Crippen LogP contribution >= 0.6 is 0 Å². The first-order chi connectivity index (χ1) is 6.45. The fourth-order valence-corrected chi connectivity index (χ4v) is 1.47. The van der Waals surface area contributed by atoms with Crippen LogP contribution < -0.4 is 5.32 Å². The molecule has 0 bridgehead atoms. The molecule has 0 aliphatic carbocycles. The largest absolute Gasteiger partial charge is 0.348 e. The Labute approximate surface area is 77.5 Å². The van der Waals surface area contributed by atoms with Gasteiger partial charge in [-0.3, -0.25) is 0 Å². The van der Waals surface area contributed by atoms with Gasteiger partial charge in [0.25, 0.3) is 0 Å². The van der Waals surface area contributed by atoms with Crippen LogP contribution in [0.3, 0.4) is 0 Å². The molecule has 0 amide bonds. The molecule has 0 saturated carbocycles. The van der Waals surface area contributed by atoms with E-state index in [-0.39, 0.29) is 0 Å². The van der Waals surface area contributed by atoms with E-state index >= 15 is 0 Å². The van der Waals surface area contributed by atoms with Gasteiger partial charge in [-0.25, -0.2) is 0 Å². The average Bonchev–Trinajstić information content (AvgIpc) is 2.75. The van der Waals surface area contributed by atoms with Crippen molar-refractivity contribution in [3.63, 3.8) is 0 Å². The van der Waals surface area contributed by atoms with Crippen molar-refractivity contribution in [1.29, 1.82) is 0 Å². The molecule has 2 rings (SSSR count). The minimum absolute atomic E-state index is 0.579. The Kier molecular flexibility index (Phi) is 2.63. The van der Waals surface area contributed by atoms with Crippen molar-refractivity contribution in [2.45, 2.75) is 25.3 Å². The Balaban J connectivity index is 1.83. The summed E-state index contributed by atoms with van der Waals surface area (Å²) in [6.45, 7) is 1.13. The SMILES string of the molecule is C(#Cc1ccno1)C[C@@H]1CCCN1. The van der Waals surface area contributed by atoms with Crippen LogP contribution in [0.5, 0.6) is 0 Å². The Hall–Kier alpha value is -1.27. The summed E-state index contributed by atoms with van der Waals surface area (Å²) in [4.78, 5) is 0. The van der Waals surface area contributed by atoms with Crippen LogP contribution in [0.1, 0.15) is 25.0 Å². The highest BCUT2D eigenvalue weighted by atomic mass is 16.5. The number of rotatable bonds is 1. The van der Waals surface area contributed by atoms with Gasteiger partial charge >= 0.3 is 0 Å². The highest BCUT2D eigenvalue weighted by molar-refractivity contribution is 5.23. The molecule has 1 aromatic heterocycles. The smallest absolute Gasteiger partial charge is 0.209 e. The van der Waals surface area contributed by atoms with Crippen molar-refractivity contribution < 1.29 is 4.52 Å². The molecule has 1 N–H and O–H groups in total. The first kappa shape index (κ1) is 8.33. The number of aromatic nitrogens is 1. The van der Waals surface area contributed by atoms with Gasteiger partial charge in [0, 0.05) is 18.5 Å². The Morgan fingerprint density at radius 2 is 2.69 bits per heavy atom. The molecular weight excluding hydrogens is 164 g/mol.